The molecule has 38 heavy (non-hydrogen) atoms. The number of imide groups is 1. The average Bonchev–Trinajstić information content (AvgIpc) is 3.16. The molecule has 0 radical (unpaired) electrons. The first-order chi connectivity index (χ1) is 18.3. The Balaban J connectivity index is 1.49. The maximum atomic E-state index is 14.2. The SMILES string of the molecule is COc1ccc(CCn2c(CCN3C(=O)c4ccccc4C3=O)nc3c(Br)cc(F)cc3c2=O)cc1OC. The molecule has 2 amide bonds. The molecule has 2 heterocycles. The van der Waals surface area contributed by atoms with E-state index >= 15 is 0 Å². The molecule has 0 atom stereocenters. The van der Waals surface area contributed by atoms with Crippen LogP contribution in [0.3, 0.4) is 0 Å². The number of nitrogens with zero attached hydrogens (tertiary/aromatic N) is 3. The molecule has 1 aliphatic rings. The summed E-state index contributed by atoms with van der Waals surface area (Å²) in [7, 11) is 3.10. The number of ether oxygens (including phenoxy) is 2. The van der Waals surface area contributed by atoms with Gasteiger partial charge in [0.1, 0.15) is 11.6 Å². The number of carbonyl (C=O) groups is 2. The quantitative estimate of drug-likeness (QED) is 0.287. The normalized spacial score (nSPS) is 12.8. The number of halogens is 2. The van der Waals surface area contributed by atoms with E-state index in [1.54, 1.807) is 44.6 Å². The highest BCUT2D eigenvalue weighted by Gasteiger charge is 2.35. The Hall–Kier alpha value is -4.05. The fourth-order valence-corrected chi connectivity index (χ4v) is 5.17. The number of carbonyl (C=O) groups excluding carboxylic acids is 2. The fraction of sp³-hybridized carbons (Fsp3) is 0.214. The van der Waals surface area contributed by atoms with Gasteiger partial charge in [0, 0.05) is 24.0 Å². The second kappa shape index (κ2) is 10.4. The third kappa shape index (κ3) is 4.56. The lowest BCUT2D eigenvalue weighted by atomic mass is 10.1. The Labute approximate surface area is 225 Å². The van der Waals surface area contributed by atoms with Crippen molar-refractivity contribution in [3.63, 3.8) is 0 Å². The summed E-state index contributed by atoms with van der Waals surface area (Å²) >= 11 is 3.31. The molecule has 0 fully saturated rings. The van der Waals surface area contributed by atoms with Crippen molar-refractivity contribution in [3.05, 3.63) is 97.8 Å². The number of amides is 2. The minimum absolute atomic E-state index is 0.0411. The van der Waals surface area contributed by atoms with Gasteiger partial charge in [0.2, 0.25) is 0 Å². The Morgan fingerprint density at radius 3 is 2.21 bits per heavy atom. The zero-order chi connectivity index (χ0) is 27.0. The molecule has 3 aromatic carbocycles. The first-order valence-corrected chi connectivity index (χ1v) is 12.7. The molecule has 0 N–H and O–H groups in total. The Kier molecular flexibility index (Phi) is 6.98. The predicted octanol–water partition coefficient (Wildman–Crippen LogP) is 4.40. The third-order valence-corrected chi connectivity index (χ3v) is 7.17. The Bertz CT molecular complexity index is 1620. The van der Waals surface area contributed by atoms with Crippen LogP contribution in [-0.2, 0) is 19.4 Å². The second-order valence-electron chi connectivity index (χ2n) is 8.77. The Morgan fingerprint density at radius 2 is 1.55 bits per heavy atom. The van der Waals surface area contributed by atoms with Gasteiger partial charge in [-0.25, -0.2) is 9.37 Å². The summed E-state index contributed by atoms with van der Waals surface area (Å²) < 4.78 is 26.7. The van der Waals surface area contributed by atoms with Gasteiger partial charge in [-0.2, -0.15) is 0 Å². The van der Waals surface area contributed by atoms with Gasteiger partial charge in [0.25, 0.3) is 17.4 Å². The number of aromatic nitrogens is 2. The molecule has 8 nitrogen and oxygen atoms in total. The Morgan fingerprint density at radius 1 is 0.868 bits per heavy atom. The van der Waals surface area contributed by atoms with Gasteiger partial charge in [0.15, 0.2) is 11.5 Å². The molecule has 1 aliphatic heterocycles. The zero-order valence-corrected chi connectivity index (χ0v) is 22.2. The minimum atomic E-state index is -0.562. The topological polar surface area (TPSA) is 90.7 Å². The van der Waals surface area contributed by atoms with E-state index in [1.165, 1.54) is 15.5 Å². The van der Waals surface area contributed by atoms with Crippen LogP contribution in [0, 0.1) is 5.82 Å². The maximum absolute atomic E-state index is 14.2. The number of rotatable bonds is 8. The number of aryl methyl sites for hydroxylation is 1. The summed E-state index contributed by atoms with van der Waals surface area (Å²) in [6, 6.07) is 14.5. The average molecular weight is 580 g/mol. The van der Waals surface area contributed by atoms with Crippen molar-refractivity contribution >= 4 is 38.6 Å². The van der Waals surface area contributed by atoms with Crippen LogP contribution in [0.25, 0.3) is 10.9 Å². The van der Waals surface area contributed by atoms with Gasteiger partial charge in [-0.1, -0.05) is 18.2 Å². The molecule has 10 heteroatoms. The maximum Gasteiger partial charge on any atom is 0.261 e. The van der Waals surface area contributed by atoms with Crippen molar-refractivity contribution in [2.75, 3.05) is 20.8 Å². The molecular weight excluding hydrogens is 557 g/mol. The van der Waals surface area contributed by atoms with E-state index in [0.29, 0.717) is 44.9 Å². The standard InChI is InChI=1S/C28H23BrFN3O5/c1-37-22-8-7-16(13-23(22)38-2)9-11-32-24(31-25-20(28(32)36)14-17(30)15-21(25)29)10-12-33-26(34)18-5-3-4-6-19(18)27(33)35/h3-8,13-15H,9-12H2,1-2H3. The molecule has 0 spiro atoms. The third-order valence-electron chi connectivity index (χ3n) is 6.57. The van der Waals surface area contributed by atoms with Gasteiger partial charge < -0.3 is 9.47 Å². The first kappa shape index (κ1) is 25.6. The number of fused-ring (bicyclic) bond motifs is 2. The van der Waals surface area contributed by atoms with E-state index in [9.17, 15) is 18.8 Å². The lowest BCUT2D eigenvalue weighted by Crippen LogP contribution is -2.34. The number of benzene rings is 3. The molecule has 194 valence electrons. The molecule has 0 saturated heterocycles. The van der Waals surface area contributed by atoms with Crippen LogP contribution in [0.5, 0.6) is 11.5 Å². The fourth-order valence-electron chi connectivity index (χ4n) is 4.65. The summed E-state index contributed by atoms with van der Waals surface area (Å²) in [5.41, 5.74) is 1.51. The molecule has 0 aliphatic carbocycles. The monoisotopic (exact) mass is 579 g/mol. The van der Waals surface area contributed by atoms with E-state index in [0.717, 1.165) is 11.6 Å². The molecule has 4 aromatic rings. The van der Waals surface area contributed by atoms with Crippen molar-refractivity contribution in [2.24, 2.45) is 0 Å². The molecule has 0 bridgehead atoms. The number of methoxy groups -OCH3 is 2. The number of hydrogen-bond donors (Lipinski definition) is 0. The van der Waals surface area contributed by atoms with Crippen LogP contribution in [0.2, 0.25) is 0 Å². The van der Waals surface area contributed by atoms with Crippen molar-refractivity contribution in [1.29, 1.82) is 0 Å². The molecule has 0 unspecified atom stereocenters. The van der Waals surface area contributed by atoms with Gasteiger partial charge in [-0.05, 0) is 64.3 Å². The van der Waals surface area contributed by atoms with Gasteiger partial charge >= 0.3 is 0 Å². The van der Waals surface area contributed by atoms with E-state index in [1.807, 2.05) is 12.1 Å². The lowest BCUT2D eigenvalue weighted by Gasteiger charge is -2.18. The highest BCUT2D eigenvalue weighted by atomic mass is 79.9. The van der Waals surface area contributed by atoms with Crippen molar-refractivity contribution in [3.8, 4) is 11.5 Å². The van der Waals surface area contributed by atoms with E-state index in [2.05, 4.69) is 20.9 Å². The van der Waals surface area contributed by atoms with E-state index in [4.69, 9.17) is 9.47 Å². The van der Waals surface area contributed by atoms with Gasteiger partial charge in [-0.15, -0.1) is 0 Å². The highest BCUT2D eigenvalue weighted by Crippen LogP contribution is 2.28. The smallest absolute Gasteiger partial charge is 0.261 e. The van der Waals surface area contributed by atoms with Crippen molar-refractivity contribution in [1.82, 2.24) is 14.5 Å². The van der Waals surface area contributed by atoms with Gasteiger partial charge in [-0.3, -0.25) is 23.9 Å². The minimum Gasteiger partial charge on any atom is -0.493 e. The molecule has 5 rings (SSSR count). The number of hydrogen-bond acceptors (Lipinski definition) is 6. The van der Waals surface area contributed by atoms with Crippen LogP contribution >= 0.6 is 15.9 Å². The highest BCUT2D eigenvalue weighted by molar-refractivity contribution is 9.10. The predicted molar refractivity (Wildman–Crippen MR) is 142 cm³/mol. The van der Waals surface area contributed by atoms with E-state index in [-0.39, 0.29) is 36.7 Å². The summed E-state index contributed by atoms with van der Waals surface area (Å²) in [5, 5.41) is 0.133. The molecule has 1 aromatic heterocycles. The van der Waals surface area contributed by atoms with Crippen molar-refractivity contribution in [2.45, 2.75) is 19.4 Å². The van der Waals surface area contributed by atoms with E-state index < -0.39 is 11.4 Å². The molecule has 0 saturated carbocycles. The largest absolute Gasteiger partial charge is 0.493 e. The zero-order valence-electron chi connectivity index (χ0n) is 20.7. The summed E-state index contributed by atoms with van der Waals surface area (Å²) in [5.74, 6) is 0.205. The van der Waals surface area contributed by atoms with Gasteiger partial charge in [0.05, 0.1) is 36.2 Å². The first-order valence-electron chi connectivity index (χ1n) is 11.9. The van der Waals surface area contributed by atoms with Crippen LogP contribution in [-0.4, -0.2) is 47.0 Å². The van der Waals surface area contributed by atoms with Crippen molar-refractivity contribution < 1.29 is 23.5 Å². The van der Waals surface area contributed by atoms with Crippen LogP contribution in [0.15, 0.2) is 63.9 Å². The van der Waals surface area contributed by atoms with Crippen LogP contribution in [0.1, 0.15) is 32.1 Å². The molecular formula is C28H23BrFN3O5. The summed E-state index contributed by atoms with van der Waals surface area (Å²) in [6.07, 6.45) is 0.594. The second-order valence-corrected chi connectivity index (χ2v) is 9.62. The lowest BCUT2D eigenvalue weighted by molar-refractivity contribution is 0.0655. The van der Waals surface area contributed by atoms with Crippen LogP contribution in [0.4, 0.5) is 4.39 Å². The summed E-state index contributed by atoms with van der Waals surface area (Å²) in [6.45, 7) is 0.280. The van der Waals surface area contributed by atoms with Crippen LogP contribution < -0.4 is 15.0 Å². The summed E-state index contributed by atoms with van der Waals surface area (Å²) in [4.78, 5) is 45.1.